The van der Waals surface area contributed by atoms with Gasteiger partial charge in [-0.1, -0.05) is 44.2 Å². The van der Waals surface area contributed by atoms with Gasteiger partial charge in [-0.3, -0.25) is 0 Å². The van der Waals surface area contributed by atoms with Gasteiger partial charge < -0.3 is 0 Å². The van der Waals surface area contributed by atoms with Gasteiger partial charge in [0, 0.05) is 4.88 Å². The minimum Gasteiger partial charge on any atom is -0.144 e. The number of rotatable bonds is 2. The number of hydrogen-bond donors (Lipinski definition) is 0. The molecule has 0 aliphatic heterocycles. The Bertz CT molecular complexity index is 509. The van der Waals surface area contributed by atoms with Crippen LogP contribution < -0.4 is 0 Å². The van der Waals surface area contributed by atoms with Crippen LogP contribution >= 0.6 is 11.3 Å². The highest BCUT2D eigenvalue weighted by Gasteiger charge is 2.27. The normalized spacial score (nSPS) is 19.5. The predicted molar refractivity (Wildman–Crippen MR) is 84.7 cm³/mol. The molecule has 1 fully saturated rings. The van der Waals surface area contributed by atoms with Crippen molar-refractivity contribution in [3.63, 3.8) is 0 Å². The van der Waals surface area contributed by atoms with E-state index < -0.39 is 0 Å². The van der Waals surface area contributed by atoms with E-state index in [1.54, 1.807) is 0 Å². The van der Waals surface area contributed by atoms with E-state index in [4.69, 9.17) is 0 Å². The average molecular weight is 270 g/mol. The third kappa shape index (κ3) is 2.92. The maximum absolute atomic E-state index is 2.41. The molecule has 0 nitrogen and oxygen atoms in total. The summed E-state index contributed by atoms with van der Waals surface area (Å²) in [6, 6.07) is 13.6. The highest BCUT2D eigenvalue weighted by atomic mass is 32.1. The topological polar surface area (TPSA) is 0 Å². The Labute approximate surface area is 120 Å². The lowest BCUT2D eigenvalue weighted by Crippen LogP contribution is -2.20. The van der Waals surface area contributed by atoms with Gasteiger partial charge in [0.15, 0.2) is 0 Å². The first kappa shape index (κ1) is 12.9. The second kappa shape index (κ2) is 5.13. The SMILES string of the molecule is CC1(C)CCC(c2ccc(-c3cccs3)cc2)CC1. The molecule has 3 rings (SSSR count). The minimum atomic E-state index is 0.563. The Morgan fingerprint density at radius 1 is 1.00 bits per heavy atom. The maximum atomic E-state index is 2.41. The van der Waals surface area contributed by atoms with Crippen LogP contribution in [0.5, 0.6) is 0 Å². The summed E-state index contributed by atoms with van der Waals surface area (Å²) in [4.78, 5) is 1.37. The number of hydrogen-bond acceptors (Lipinski definition) is 1. The van der Waals surface area contributed by atoms with Crippen molar-refractivity contribution < 1.29 is 0 Å². The smallest absolute Gasteiger partial charge is 0.0342 e. The Balaban J connectivity index is 1.73. The van der Waals surface area contributed by atoms with Crippen LogP contribution in [0.1, 0.15) is 51.0 Å². The van der Waals surface area contributed by atoms with E-state index in [9.17, 15) is 0 Å². The van der Waals surface area contributed by atoms with E-state index in [-0.39, 0.29) is 0 Å². The van der Waals surface area contributed by atoms with Gasteiger partial charge in [-0.05, 0) is 59.6 Å². The Kier molecular flexibility index (Phi) is 3.49. The van der Waals surface area contributed by atoms with Crippen LogP contribution in [0.25, 0.3) is 10.4 Å². The molecule has 0 radical (unpaired) electrons. The highest BCUT2D eigenvalue weighted by molar-refractivity contribution is 7.13. The van der Waals surface area contributed by atoms with Crippen molar-refractivity contribution in [3.8, 4) is 10.4 Å². The van der Waals surface area contributed by atoms with Crippen molar-refractivity contribution in [1.29, 1.82) is 0 Å². The first-order valence-electron chi connectivity index (χ1n) is 7.28. The third-order valence-corrected chi connectivity index (χ3v) is 5.45. The van der Waals surface area contributed by atoms with Gasteiger partial charge in [-0.2, -0.15) is 0 Å². The fourth-order valence-corrected chi connectivity index (χ4v) is 3.83. The molecular formula is C18H22S. The standard InChI is InChI=1S/C18H22S/c1-18(2)11-9-15(10-12-18)14-5-7-16(8-6-14)17-4-3-13-19-17/h3-8,13,15H,9-12H2,1-2H3. The van der Waals surface area contributed by atoms with Gasteiger partial charge >= 0.3 is 0 Å². The third-order valence-electron chi connectivity index (χ3n) is 4.53. The lowest BCUT2D eigenvalue weighted by atomic mass is 9.71. The van der Waals surface area contributed by atoms with Crippen LogP contribution in [0.4, 0.5) is 0 Å². The van der Waals surface area contributed by atoms with Crippen molar-refractivity contribution >= 4 is 11.3 Å². The largest absolute Gasteiger partial charge is 0.144 e. The van der Waals surface area contributed by atoms with Crippen molar-refractivity contribution in [1.82, 2.24) is 0 Å². The van der Waals surface area contributed by atoms with Crippen molar-refractivity contribution in [3.05, 3.63) is 47.3 Å². The molecule has 0 unspecified atom stereocenters. The molecule has 2 aromatic rings. The highest BCUT2D eigenvalue weighted by Crippen LogP contribution is 2.42. The number of thiophene rings is 1. The van der Waals surface area contributed by atoms with Crippen LogP contribution in [0.15, 0.2) is 41.8 Å². The van der Waals surface area contributed by atoms with Crippen molar-refractivity contribution in [2.75, 3.05) is 0 Å². The predicted octanol–water partition coefficient (Wildman–Crippen LogP) is 6.10. The molecule has 0 bridgehead atoms. The summed E-state index contributed by atoms with van der Waals surface area (Å²) in [6.45, 7) is 4.81. The minimum absolute atomic E-state index is 0.563. The molecule has 100 valence electrons. The van der Waals surface area contributed by atoms with Gasteiger partial charge in [0.05, 0.1) is 0 Å². The maximum Gasteiger partial charge on any atom is 0.0342 e. The Morgan fingerprint density at radius 2 is 1.68 bits per heavy atom. The fraction of sp³-hybridized carbons (Fsp3) is 0.444. The number of benzene rings is 1. The lowest BCUT2D eigenvalue weighted by Gasteiger charge is -2.34. The van der Waals surface area contributed by atoms with E-state index in [0.29, 0.717) is 5.41 Å². The molecule has 1 aromatic heterocycles. The van der Waals surface area contributed by atoms with E-state index in [1.165, 1.54) is 41.7 Å². The van der Waals surface area contributed by atoms with E-state index in [1.807, 2.05) is 11.3 Å². The van der Waals surface area contributed by atoms with Gasteiger partial charge in [0.25, 0.3) is 0 Å². The van der Waals surface area contributed by atoms with Crippen molar-refractivity contribution in [2.24, 2.45) is 5.41 Å². The Hall–Kier alpha value is -1.08. The second-order valence-electron chi connectivity index (χ2n) is 6.54. The summed E-state index contributed by atoms with van der Waals surface area (Å²) in [7, 11) is 0. The van der Waals surface area contributed by atoms with Crippen molar-refractivity contribution in [2.45, 2.75) is 45.4 Å². The van der Waals surface area contributed by atoms with Gasteiger partial charge in [-0.15, -0.1) is 11.3 Å². The molecule has 1 aromatic carbocycles. The molecule has 19 heavy (non-hydrogen) atoms. The Morgan fingerprint density at radius 3 is 2.26 bits per heavy atom. The van der Waals surface area contributed by atoms with E-state index >= 15 is 0 Å². The van der Waals surface area contributed by atoms with Crippen LogP contribution in [-0.4, -0.2) is 0 Å². The van der Waals surface area contributed by atoms with Gasteiger partial charge in [0.2, 0.25) is 0 Å². The summed E-state index contributed by atoms with van der Waals surface area (Å²) in [5.41, 5.74) is 3.46. The molecule has 0 atom stereocenters. The monoisotopic (exact) mass is 270 g/mol. The molecular weight excluding hydrogens is 248 g/mol. The zero-order chi connectivity index (χ0) is 13.3. The lowest BCUT2D eigenvalue weighted by molar-refractivity contribution is 0.224. The average Bonchev–Trinajstić information content (AvgIpc) is 2.93. The van der Waals surface area contributed by atoms with E-state index in [0.717, 1.165) is 5.92 Å². The molecule has 1 aliphatic carbocycles. The van der Waals surface area contributed by atoms with Gasteiger partial charge in [0.1, 0.15) is 0 Å². The molecule has 0 N–H and O–H groups in total. The molecule has 0 spiro atoms. The zero-order valence-corrected chi connectivity index (χ0v) is 12.7. The molecule has 0 saturated heterocycles. The summed E-state index contributed by atoms with van der Waals surface area (Å²) < 4.78 is 0. The van der Waals surface area contributed by atoms with Crippen LogP contribution in [0.2, 0.25) is 0 Å². The molecule has 0 amide bonds. The first-order chi connectivity index (χ1) is 9.14. The summed E-state index contributed by atoms with van der Waals surface area (Å²) >= 11 is 1.82. The summed E-state index contributed by atoms with van der Waals surface area (Å²) in [5, 5.41) is 2.15. The molecule has 1 saturated carbocycles. The summed E-state index contributed by atoms with van der Waals surface area (Å²) in [5.74, 6) is 0.783. The zero-order valence-electron chi connectivity index (χ0n) is 11.9. The molecule has 1 aliphatic rings. The van der Waals surface area contributed by atoms with Crippen LogP contribution in [0.3, 0.4) is 0 Å². The quantitative estimate of drug-likeness (QED) is 0.618. The molecule has 1 heteroatoms. The van der Waals surface area contributed by atoms with Crippen LogP contribution in [0, 0.1) is 5.41 Å². The van der Waals surface area contributed by atoms with Gasteiger partial charge in [-0.25, -0.2) is 0 Å². The first-order valence-corrected chi connectivity index (χ1v) is 8.16. The summed E-state index contributed by atoms with van der Waals surface area (Å²) in [6.07, 6.45) is 5.44. The molecule has 1 heterocycles. The second-order valence-corrected chi connectivity index (χ2v) is 7.49. The van der Waals surface area contributed by atoms with Crippen LogP contribution in [-0.2, 0) is 0 Å². The van der Waals surface area contributed by atoms with E-state index in [2.05, 4.69) is 55.6 Å². The fourth-order valence-electron chi connectivity index (χ4n) is 3.09.